The van der Waals surface area contributed by atoms with Crippen LogP contribution in [0.2, 0.25) is 5.02 Å². The number of rotatable bonds is 4. The molecule has 0 bridgehead atoms. The molecule has 2 atom stereocenters. The molecule has 0 aromatic heterocycles. The lowest BCUT2D eigenvalue weighted by atomic mass is 9.71. The number of carbonyl (C=O) groups is 2. The topological polar surface area (TPSA) is 58.2 Å². The van der Waals surface area contributed by atoms with Gasteiger partial charge in [-0.05, 0) is 48.6 Å². The van der Waals surface area contributed by atoms with Gasteiger partial charge in [0.2, 0.25) is 0 Å². The average Bonchev–Trinajstić information content (AvgIpc) is 2.86. The Morgan fingerprint density at radius 2 is 1.61 bits per heavy atom. The van der Waals surface area contributed by atoms with Crippen LogP contribution in [-0.2, 0) is 9.59 Å². The summed E-state index contributed by atoms with van der Waals surface area (Å²) < 4.78 is 28.6. The maximum absolute atomic E-state index is 14.3. The van der Waals surface area contributed by atoms with Gasteiger partial charge < -0.3 is 10.6 Å². The number of allylic oxidation sites excluding steroid dienone is 3. The van der Waals surface area contributed by atoms with Crippen LogP contribution in [0.5, 0.6) is 0 Å². The zero-order valence-corrected chi connectivity index (χ0v) is 20.2. The zero-order chi connectivity index (χ0) is 25.4. The van der Waals surface area contributed by atoms with Gasteiger partial charge in [0.1, 0.15) is 17.3 Å². The van der Waals surface area contributed by atoms with E-state index in [1.807, 2.05) is 30.3 Å². The number of Topliss-reactive ketones (excluding diaryl/α,β-unsaturated/α-hetero) is 1. The van der Waals surface area contributed by atoms with Gasteiger partial charge in [0, 0.05) is 39.9 Å². The third-order valence-corrected chi connectivity index (χ3v) is 7.10. The molecule has 1 aliphatic carbocycles. The van der Waals surface area contributed by atoms with Gasteiger partial charge in [0.15, 0.2) is 5.78 Å². The second-order valence-electron chi connectivity index (χ2n) is 9.00. The smallest absolute Gasteiger partial charge is 0.254 e. The van der Waals surface area contributed by atoms with E-state index in [0.29, 0.717) is 28.3 Å². The Morgan fingerprint density at radius 3 is 2.31 bits per heavy atom. The summed E-state index contributed by atoms with van der Waals surface area (Å²) in [5, 5.41) is 6.03. The van der Waals surface area contributed by atoms with E-state index in [-0.39, 0.29) is 23.7 Å². The highest BCUT2D eigenvalue weighted by Crippen LogP contribution is 2.47. The Morgan fingerprint density at radius 1 is 0.944 bits per heavy atom. The molecule has 3 aromatic carbocycles. The van der Waals surface area contributed by atoms with Gasteiger partial charge in [-0.3, -0.25) is 9.59 Å². The van der Waals surface area contributed by atoms with Gasteiger partial charge in [0.05, 0.1) is 0 Å². The quantitative estimate of drug-likeness (QED) is 0.420. The summed E-state index contributed by atoms with van der Waals surface area (Å²) >= 11 is 6.56. The number of para-hydroxylation sites is 1. The maximum Gasteiger partial charge on any atom is 0.254 e. The third kappa shape index (κ3) is 4.33. The maximum atomic E-state index is 14.3. The molecule has 4 nitrogen and oxygen atoms in total. The van der Waals surface area contributed by atoms with Crippen molar-refractivity contribution in [2.24, 2.45) is 0 Å². The van der Waals surface area contributed by atoms with Crippen LogP contribution in [0.15, 0.2) is 95.3 Å². The van der Waals surface area contributed by atoms with E-state index >= 15 is 0 Å². The number of hydrogen-bond acceptors (Lipinski definition) is 3. The normalized spacial score (nSPS) is 19.6. The Balaban J connectivity index is 1.59. The molecule has 0 unspecified atom stereocenters. The van der Waals surface area contributed by atoms with Crippen LogP contribution in [0.1, 0.15) is 42.7 Å². The van der Waals surface area contributed by atoms with Crippen LogP contribution in [0.25, 0.3) is 0 Å². The molecule has 0 spiro atoms. The van der Waals surface area contributed by atoms with Crippen molar-refractivity contribution in [3.05, 3.63) is 123 Å². The minimum Gasteiger partial charge on any atom is -0.362 e. The number of benzene rings is 3. The molecule has 36 heavy (non-hydrogen) atoms. The molecule has 0 saturated carbocycles. The lowest BCUT2D eigenvalue weighted by Crippen LogP contribution is -2.37. The SMILES string of the molecule is CC1=C(C(=O)Nc2c(F)cccc2F)[C@@H](c2ccccc2Cl)C2=C(C[C@@H](c3ccccc3)CC2=O)N1. The number of ketones is 1. The molecule has 1 heterocycles. The van der Waals surface area contributed by atoms with E-state index in [4.69, 9.17) is 11.6 Å². The van der Waals surface area contributed by atoms with Crippen molar-refractivity contribution in [3.63, 3.8) is 0 Å². The number of anilines is 1. The molecule has 1 aliphatic heterocycles. The third-order valence-electron chi connectivity index (χ3n) is 6.76. The van der Waals surface area contributed by atoms with Crippen LogP contribution >= 0.6 is 11.6 Å². The molecule has 2 aliphatic rings. The fraction of sp³-hybridized carbons (Fsp3) is 0.172. The fourth-order valence-corrected chi connectivity index (χ4v) is 5.36. The number of halogens is 3. The van der Waals surface area contributed by atoms with Crippen molar-refractivity contribution in [2.45, 2.75) is 31.6 Å². The van der Waals surface area contributed by atoms with E-state index in [1.54, 1.807) is 31.2 Å². The number of carbonyl (C=O) groups excluding carboxylic acids is 2. The number of nitrogens with one attached hydrogen (secondary N) is 2. The van der Waals surface area contributed by atoms with E-state index < -0.39 is 29.1 Å². The summed E-state index contributed by atoms with van der Waals surface area (Å²) in [5.41, 5.74) is 2.98. The van der Waals surface area contributed by atoms with Crippen LogP contribution in [-0.4, -0.2) is 11.7 Å². The Bertz CT molecular complexity index is 1410. The molecule has 7 heteroatoms. The molecular formula is C29H23ClF2N2O2. The summed E-state index contributed by atoms with van der Waals surface area (Å²) in [4.78, 5) is 27.2. The number of hydrogen-bond donors (Lipinski definition) is 2. The van der Waals surface area contributed by atoms with Crippen molar-refractivity contribution in [1.82, 2.24) is 5.32 Å². The predicted molar refractivity (Wildman–Crippen MR) is 135 cm³/mol. The zero-order valence-electron chi connectivity index (χ0n) is 19.4. The van der Waals surface area contributed by atoms with Gasteiger partial charge in [-0.15, -0.1) is 0 Å². The highest BCUT2D eigenvalue weighted by atomic mass is 35.5. The number of amides is 1. The van der Waals surface area contributed by atoms with Crippen molar-refractivity contribution in [2.75, 3.05) is 5.32 Å². The largest absolute Gasteiger partial charge is 0.362 e. The summed E-state index contributed by atoms with van der Waals surface area (Å²) in [5.74, 6) is -3.38. The minimum absolute atomic E-state index is 0.00691. The van der Waals surface area contributed by atoms with E-state index in [0.717, 1.165) is 23.4 Å². The highest BCUT2D eigenvalue weighted by molar-refractivity contribution is 6.31. The van der Waals surface area contributed by atoms with Crippen LogP contribution < -0.4 is 10.6 Å². The molecule has 0 radical (unpaired) electrons. The number of dihydropyridines is 1. The van der Waals surface area contributed by atoms with E-state index in [1.165, 1.54) is 6.07 Å². The van der Waals surface area contributed by atoms with Gasteiger partial charge in [-0.2, -0.15) is 0 Å². The molecule has 182 valence electrons. The summed E-state index contributed by atoms with van der Waals surface area (Å²) in [7, 11) is 0. The Hall–Kier alpha value is -3.77. The Kier molecular flexibility index (Phi) is 6.46. The van der Waals surface area contributed by atoms with Crippen LogP contribution in [0, 0.1) is 11.6 Å². The molecule has 0 fully saturated rings. The van der Waals surface area contributed by atoms with E-state index in [9.17, 15) is 18.4 Å². The average molecular weight is 505 g/mol. The van der Waals surface area contributed by atoms with Gasteiger partial charge in [-0.25, -0.2) is 8.78 Å². The first-order valence-corrected chi connectivity index (χ1v) is 12.0. The van der Waals surface area contributed by atoms with Gasteiger partial charge in [-0.1, -0.05) is 66.2 Å². The first kappa shape index (κ1) is 23.9. The molecule has 2 N–H and O–H groups in total. The van der Waals surface area contributed by atoms with Crippen LogP contribution in [0.3, 0.4) is 0 Å². The van der Waals surface area contributed by atoms with Gasteiger partial charge in [0.25, 0.3) is 5.91 Å². The molecular weight excluding hydrogens is 482 g/mol. The summed E-state index contributed by atoms with van der Waals surface area (Å²) in [6.07, 6.45) is 0.863. The van der Waals surface area contributed by atoms with Crippen molar-refractivity contribution >= 4 is 29.0 Å². The monoisotopic (exact) mass is 504 g/mol. The summed E-state index contributed by atoms with van der Waals surface area (Å²) in [6, 6.07) is 20.2. The second-order valence-corrected chi connectivity index (χ2v) is 9.41. The standard InChI is InChI=1S/C29H23ClF2N2O2/c1-16-25(29(36)34-28-21(31)12-7-13-22(28)32)26(19-10-5-6-11-20(19)30)27-23(33-16)14-18(15-24(27)35)17-8-3-2-4-9-17/h2-13,18,26,33H,14-15H2,1H3,(H,34,36)/t18-,26-/m1/s1. The van der Waals surface area contributed by atoms with E-state index in [2.05, 4.69) is 10.6 Å². The lowest BCUT2D eigenvalue weighted by Gasteiger charge is -2.37. The fourth-order valence-electron chi connectivity index (χ4n) is 5.12. The first-order valence-electron chi connectivity index (χ1n) is 11.6. The van der Waals surface area contributed by atoms with Crippen molar-refractivity contribution < 1.29 is 18.4 Å². The Labute approximate surface area is 212 Å². The van der Waals surface area contributed by atoms with Crippen molar-refractivity contribution in [3.8, 4) is 0 Å². The lowest BCUT2D eigenvalue weighted by molar-refractivity contribution is -0.116. The van der Waals surface area contributed by atoms with Crippen LogP contribution in [0.4, 0.5) is 14.5 Å². The molecule has 5 rings (SSSR count). The first-order chi connectivity index (χ1) is 17.3. The minimum atomic E-state index is -0.890. The molecule has 1 amide bonds. The van der Waals surface area contributed by atoms with Gasteiger partial charge >= 0.3 is 0 Å². The second kappa shape index (κ2) is 9.70. The molecule has 0 saturated heterocycles. The van der Waals surface area contributed by atoms with Crippen molar-refractivity contribution in [1.29, 1.82) is 0 Å². The summed E-state index contributed by atoms with van der Waals surface area (Å²) in [6.45, 7) is 1.72. The molecule has 3 aromatic rings. The highest BCUT2D eigenvalue weighted by Gasteiger charge is 2.41. The predicted octanol–water partition coefficient (Wildman–Crippen LogP) is 6.62.